The Balaban J connectivity index is 1.86. The molecule has 0 fully saturated rings. The Labute approximate surface area is 157 Å². The summed E-state index contributed by atoms with van der Waals surface area (Å²) in [5.74, 6) is 0. The number of thiophene rings is 2. The first-order chi connectivity index (χ1) is 12.9. The second-order valence-corrected chi connectivity index (χ2v) is 9.61. The second kappa shape index (κ2) is 5.41. The molecule has 0 aliphatic rings. The van der Waals surface area contributed by atoms with E-state index in [1.807, 2.05) is 11.3 Å². The molecule has 0 N–H and O–H groups in total. The summed E-state index contributed by atoms with van der Waals surface area (Å²) in [5.41, 5.74) is 0. The molecule has 26 heavy (non-hydrogen) atoms. The van der Waals surface area contributed by atoms with E-state index in [9.17, 15) is 0 Å². The molecule has 122 valence electrons. The van der Waals surface area contributed by atoms with Crippen molar-refractivity contribution in [2.24, 2.45) is 0 Å². The summed E-state index contributed by atoms with van der Waals surface area (Å²) in [6, 6.07) is 33.5. The Morgan fingerprint density at radius 3 is 2.12 bits per heavy atom. The molecule has 0 spiro atoms. The highest BCUT2D eigenvalue weighted by Gasteiger charge is 2.24. The number of benzene rings is 4. The maximum Gasteiger partial charge on any atom is 0.188 e. The van der Waals surface area contributed by atoms with Crippen LogP contribution in [0.25, 0.3) is 45.2 Å². The first-order valence-electron chi connectivity index (χ1n) is 8.74. The molecule has 4 aromatic carbocycles. The second-order valence-electron chi connectivity index (χ2n) is 6.56. The van der Waals surface area contributed by atoms with Gasteiger partial charge < -0.3 is 0 Å². The first-order valence-corrected chi connectivity index (χ1v) is 10.8. The third-order valence-corrected chi connectivity index (χ3v) is 8.53. The van der Waals surface area contributed by atoms with Crippen LogP contribution in [0.4, 0.5) is 0 Å². The molecule has 0 aliphatic heterocycles. The lowest BCUT2D eigenvalue weighted by molar-refractivity contribution is 1.76. The predicted molar refractivity (Wildman–Crippen MR) is 118 cm³/mol. The van der Waals surface area contributed by atoms with Crippen LogP contribution in [0.5, 0.6) is 0 Å². The minimum atomic E-state index is -0.0190. The van der Waals surface area contributed by atoms with E-state index in [1.54, 1.807) is 0 Å². The molecule has 0 nitrogen and oxygen atoms in total. The van der Waals surface area contributed by atoms with Gasteiger partial charge in [0.25, 0.3) is 0 Å². The van der Waals surface area contributed by atoms with Crippen molar-refractivity contribution in [3.05, 3.63) is 91.0 Å². The zero-order valence-corrected chi connectivity index (χ0v) is 15.6. The van der Waals surface area contributed by atoms with Gasteiger partial charge >= 0.3 is 0 Å². The van der Waals surface area contributed by atoms with Crippen molar-refractivity contribution in [3.63, 3.8) is 0 Å². The highest BCUT2D eigenvalue weighted by Crippen LogP contribution is 2.50. The minimum absolute atomic E-state index is 0.0190. The number of rotatable bonds is 1. The molecule has 2 heteroatoms. The normalized spacial score (nSPS) is 12.5. The van der Waals surface area contributed by atoms with Crippen molar-refractivity contribution in [3.8, 4) is 4.90 Å². The fraction of sp³-hybridized carbons (Fsp3) is 0. The summed E-state index contributed by atoms with van der Waals surface area (Å²) in [6.07, 6.45) is 0. The lowest BCUT2D eigenvalue weighted by Gasteiger charge is -1.94. The maximum atomic E-state index is 2.46. The quantitative estimate of drug-likeness (QED) is 0.257. The van der Waals surface area contributed by atoms with Gasteiger partial charge in [0.15, 0.2) is 14.3 Å². The van der Waals surface area contributed by atoms with E-state index in [4.69, 9.17) is 0 Å². The summed E-state index contributed by atoms with van der Waals surface area (Å²) >= 11 is 1.90. The zero-order chi connectivity index (χ0) is 17.1. The first kappa shape index (κ1) is 14.5. The van der Waals surface area contributed by atoms with Crippen LogP contribution < -0.4 is 0 Å². The van der Waals surface area contributed by atoms with E-state index in [2.05, 4.69) is 91.0 Å². The van der Waals surface area contributed by atoms with Gasteiger partial charge in [-0.15, -0.1) is 11.3 Å². The molecule has 6 aromatic rings. The van der Waals surface area contributed by atoms with Crippen LogP contribution in [0.1, 0.15) is 0 Å². The number of hydrogen-bond acceptors (Lipinski definition) is 1. The molecular weight excluding hydrogens is 352 g/mol. The van der Waals surface area contributed by atoms with Crippen LogP contribution in [0.15, 0.2) is 91.0 Å². The highest BCUT2D eigenvalue weighted by molar-refractivity contribution is 7.50. The Morgan fingerprint density at radius 1 is 0.500 bits per heavy atom. The van der Waals surface area contributed by atoms with Gasteiger partial charge in [0.1, 0.15) is 0 Å². The van der Waals surface area contributed by atoms with Gasteiger partial charge in [-0.1, -0.05) is 48.5 Å². The Morgan fingerprint density at radius 2 is 1.23 bits per heavy atom. The van der Waals surface area contributed by atoms with E-state index in [-0.39, 0.29) is 10.5 Å². The van der Waals surface area contributed by atoms with Crippen molar-refractivity contribution in [2.45, 2.75) is 0 Å². The van der Waals surface area contributed by atoms with Gasteiger partial charge in [0.05, 0.1) is 0 Å². The summed E-state index contributed by atoms with van der Waals surface area (Å²) < 4.78 is 5.68. The molecule has 0 bridgehead atoms. The lowest BCUT2D eigenvalue weighted by Crippen LogP contribution is -1.70. The molecule has 0 saturated carbocycles. The topological polar surface area (TPSA) is 0 Å². The fourth-order valence-corrected chi connectivity index (χ4v) is 7.47. The lowest BCUT2D eigenvalue weighted by atomic mass is 10.1. The summed E-state index contributed by atoms with van der Waals surface area (Å²) in [7, 11) is -0.0190. The van der Waals surface area contributed by atoms with Gasteiger partial charge in [-0.25, -0.2) is 0 Å². The number of hydrogen-bond donors (Lipinski definition) is 0. The molecule has 0 aliphatic carbocycles. The average Bonchev–Trinajstić information content (AvgIpc) is 3.22. The van der Waals surface area contributed by atoms with E-state index in [0.717, 1.165) is 0 Å². The van der Waals surface area contributed by atoms with Crippen LogP contribution >= 0.6 is 21.8 Å². The zero-order valence-electron chi connectivity index (χ0n) is 14.0. The molecule has 0 saturated heterocycles. The maximum absolute atomic E-state index is 2.46. The van der Waals surface area contributed by atoms with Crippen molar-refractivity contribution in [2.75, 3.05) is 0 Å². The molecule has 1 atom stereocenters. The van der Waals surface area contributed by atoms with Gasteiger partial charge in [0, 0.05) is 47.5 Å². The number of fused-ring (bicyclic) bond motifs is 6. The third-order valence-electron chi connectivity index (χ3n) is 5.07. The van der Waals surface area contributed by atoms with Crippen molar-refractivity contribution in [1.29, 1.82) is 0 Å². The Kier molecular flexibility index (Phi) is 3.01. The van der Waals surface area contributed by atoms with Gasteiger partial charge in [0.2, 0.25) is 0 Å². The molecule has 2 aromatic heterocycles. The molecule has 1 unspecified atom stereocenters. The van der Waals surface area contributed by atoms with Crippen LogP contribution in [0.2, 0.25) is 0 Å². The van der Waals surface area contributed by atoms with E-state index >= 15 is 0 Å². The van der Waals surface area contributed by atoms with Crippen molar-refractivity contribution >= 4 is 62.2 Å². The molecular formula is C24H15S2+. The van der Waals surface area contributed by atoms with Crippen LogP contribution in [0.3, 0.4) is 0 Å². The largest absolute Gasteiger partial charge is 0.188 e. The monoisotopic (exact) mass is 367 g/mol. The van der Waals surface area contributed by atoms with Gasteiger partial charge in [-0.2, -0.15) is 0 Å². The highest BCUT2D eigenvalue weighted by atomic mass is 32.2. The van der Waals surface area contributed by atoms with Crippen molar-refractivity contribution < 1.29 is 0 Å². The third kappa shape index (κ3) is 1.94. The molecule has 0 amide bonds. The van der Waals surface area contributed by atoms with Crippen LogP contribution in [-0.4, -0.2) is 0 Å². The van der Waals surface area contributed by atoms with E-state index < -0.39 is 0 Å². The average molecular weight is 368 g/mol. The summed E-state index contributed by atoms with van der Waals surface area (Å²) in [6.45, 7) is 0. The molecule has 0 radical (unpaired) electrons. The minimum Gasteiger partial charge on any atom is -0.135 e. The van der Waals surface area contributed by atoms with Crippen LogP contribution in [0, 0.1) is 0 Å². The standard InChI is InChI=1S/C24H15S2/c1-2-8-16(9-3-1)26-23-13-7-5-11-18(23)20-14-22-19(15-24(20)26)17-10-4-6-12-21(17)25-22/h1-15H/q+1. The summed E-state index contributed by atoms with van der Waals surface area (Å²) in [4.78, 5) is 1.40. The molecule has 6 rings (SSSR count). The SMILES string of the molecule is c1ccc(-[s+]2c3ccccc3c3cc4sc5ccccc5c4cc32)cc1. The summed E-state index contributed by atoms with van der Waals surface area (Å²) in [5, 5.41) is 5.58. The molecule has 2 heterocycles. The Bertz CT molecular complexity index is 1420. The van der Waals surface area contributed by atoms with Crippen molar-refractivity contribution in [1.82, 2.24) is 0 Å². The van der Waals surface area contributed by atoms with Gasteiger partial charge in [-0.3, -0.25) is 0 Å². The van der Waals surface area contributed by atoms with Gasteiger partial charge in [-0.05, 0) is 36.4 Å². The van der Waals surface area contributed by atoms with Crippen LogP contribution in [-0.2, 0) is 0 Å². The fourth-order valence-electron chi connectivity index (χ4n) is 3.93. The van der Waals surface area contributed by atoms with E-state index in [1.165, 1.54) is 45.2 Å². The Hall–Kier alpha value is -2.68. The predicted octanol–water partition coefficient (Wildman–Crippen LogP) is 8.10. The van der Waals surface area contributed by atoms with E-state index in [0.29, 0.717) is 0 Å². The smallest absolute Gasteiger partial charge is 0.135 e.